The summed E-state index contributed by atoms with van der Waals surface area (Å²) in [4.78, 5) is 13.7. The lowest BCUT2D eigenvalue weighted by Gasteiger charge is -2.17. The van der Waals surface area contributed by atoms with Crippen LogP contribution >= 0.6 is 0 Å². The lowest BCUT2D eigenvalue weighted by atomic mass is 10.1. The van der Waals surface area contributed by atoms with Gasteiger partial charge >= 0.3 is 6.09 Å². The highest BCUT2D eigenvalue weighted by atomic mass is 35.5. The van der Waals surface area contributed by atoms with Crippen LogP contribution in [0.25, 0.3) is 0 Å². The van der Waals surface area contributed by atoms with Gasteiger partial charge in [0.05, 0.1) is 0 Å². The Morgan fingerprint density at radius 2 is 2.30 bits per heavy atom. The predicted molar refractivity (Wildman–Crippen MR) is 86.7 cm³/mol. The number of nitrogens with zero attached hydrogens (tertiary/aromatic N) is 1. The van der Waals surface area contributed by atoms with E-state index in [0.29, 0.717) is 18.3 Å². The molecule has 5 heteroatoms. The number of terminal acetylenes is 1. The van der Waals surface area contributed by atoms with Gasteiger partial charge in [0.25, 0.3) is 0 Å². The number of carbonyl (C=O) groups is 1. The van der Waals surface area contributed by atoms with Crippen molar-refractivity contribution in [2.24, 2.45) is 0 Å². The van der Waals surface area contributed by atoms with Gasteiger partial charge in [0, 0.05) is 25.6 Å². The van der Waals surface area contributed by atoms with Crippen LogP contribution in [0, 0.1) is 12.3 Å². The lowest BCUT2D eigenvalue weighted by Crippen LogP contribution is -3.00. The van der Waals surface area contributed by atoms with Crippen molar-refractivity contribution in [3.63, 3.8) is 0 Å². The Bertz CT molecular complexity index is 569. The summed E-state index contributed by atoms with van der Waals surface area (Å²) in [5.74, 6) is 3.28. The molecule has 0 unspecified atom stereocenters. The Kier molecular flexibility index (Phi) is 7.94. The van der Waals surface area contributed by atoms with Crippen LogP contribution in [-0.2, 0) is 6.42 Å². The van der Waals surface area contributed by atoms with Crippen LogP contribution in [0.15, 0.2) is 18.2 Å². The van der Waals surface area contributed by atoms with Gasteiger partial charge in [-0.3, -0.25) is 0 Å². The predicted octanol–water partition coefficient (Wildman–Crippen LogP) is -0.895. The van der Waals surface area contributed by atoms with E-state index < -0.39 is 0 Å². The third-order valence-corrected chi connectivity index (χ3v) is 4.13. The van der Waals surface area contributed by atoms with Crippen LogP contribution in [0.4, 0.5) is 4.79 Å². The fourth-order valence-electron chi connectivity index (χ4n) is 2.80. The number of aryl methyl sites for hydroxylation is 1. The molecule has 23 heavy (non-hydrogen) atoms. The van der Waals surface area contributed by atoms with Crippen LogP contribution in [0.5, 0.6) is 5.75 Å². The minimum Gasteiger partial charge on any atom is -1.00 e. The summed E-state index contributed by atoms with van der Waals surface area (Å²) in [6, 6.07) is 6.32. The van der Waals surface area contributed by atoms with Crippen molar-refractivity contribution in [2.75, 3.05) is 20.1 Å². The second-order valence-corrected chi connectivity index (χ2v) is 5.79. The van der Waals surface area contributed by atoms with Gasteiger partial charge in [-0.1, -0.05) is 19.4 Å². The monoisotopic (exact) mass is 336 g/mol. The van der Waals surface area contributed by atoms with E-state index in [1.54, 1.807) is 11.9 Å². The first-order valence-corrected chi connectivity index (χ1v) is 7.98. The molecule has 126 valence electrons. The first kappa shape index (κ1) is 19.3. The molecule has 0 spiro atoms. The number of hydrogen-bond acceptors (Lipinski definition) is 2. The Morgan fingerprint density at radius 3 is 3.00 bits per heavy atom. The number of rotatable bonds is 6. The highest BCUT2D eigenvalue weighted by Crippen LogP contribution is 2.31. The Morgan fingerprint density at radius 1 is 1.52 bits per heavy atom. The van der Waals surface area contributed by atoms with E-state index in [1.165, 1.54) is 11.1 Å². The van der Waals surface area contributed by atoms with Crippen molar-refractivity contribution in [1.82, 2.24) is 4.90 Å². The molecule has 0 aromatic heterocycles. The van der Waals surface area contributed by atoms with Crippen molar-refractivity contribution in [1.29, 1.82) is 0 Å². The molecule has 0 saturated carbocycles. The van der Waals surface area contributed by atoms with Crippen LogP contribution in [0.2, 0.25) is 0 Å². The average Bonchev–Trinajstić information content (AvgIpc) is 2.92. The molecule has 2 rings (SSSR count). The van der Waals surface area contributed by atoms with Gasteiger partial charge in [-0.25, -0.2) is 4.79 Å². The number of carbonyl (C=O) groups excluding carboxylic acids is 1. The second-order valence-electron chi connectivity index (χ2n) is 5.79. The Labute approximate surface area is 145 Å². The van der Waals surface area contributed by atoms with Gasteiger partial charge in [-0.2, -0.15) is 0 Å². The van der Waals surface area contributed by atoms with E-state index in [2.05, 4.69) is 24.2 Å². The zero-order valence-electron chi connectivity index (χ0n) is 13.8. The van der Waals surface area contributed by atoms with Crippen LogP contribution in [-0.4, -0.2) is 31.1 Å². The zero-order chi connectivity index (χ0) is 15.9. The maximum Gasteiger partial charge on any atom is 0.414 e. The summed E-state index contributed by atoms with van der Waals surface area (Å²) >= 11 is 0. The minimum absolute atomic E-state index is 0. The fraction of sp³-hybridized carbons (Fsp3) is 0.500. The van der Waals surface area contributed by atoms with Gasteiger partial charge < -0.3 is 27.4 Å². The van der Waals surface area contributed by atoms with Crippen LogP contribution in [0.3, 0.4) is 0 Å². The van der Waals surface area contributed by atoms with E-state index in [4.69, 9.17) is 11.2 Å². The van der Waals surface area contributed by atoms with Crippen molar-refractivity contribution in [2.45, 2.75) is 38.6 Å². The van der Waals surface area contributed by atoms with Crippen molar-refractivity contribution >= 4 is 6.09 Å². The Balaban J connectivity index is 0.00000264. The summed E-state index contributed by atoms with van der Waals surface area (Å²) in [5, 5.41) is 2.17. The molecule has 0 bridgehead atoms. The summed E-state index contributed by atoms with van der Waals surface area (Å²) < 4.78 is 5.48. The number of nitrogens with two attached hydrogens (primary N) is 1. The van der Waals surface area contributed by atoms with E-state index >= 15 is 0 Å². The van der Waals surface area contributed by atoms with Crippen molar-refractivity contribution in [3.05, 3.63) is 29.3 Å². The highest BCUT2D eigenvalue weighted by molar-refractivity contribution is 5.70. The standard InChI is InChI=1S/C18H24N2O2.ClH/c1-4-6-12-20(3)18(21)22-15-9-7-14-8-10-17(16(14)13-15)19-11-5-2;/h2,7,9,13,17,19H,4,6,8,10-12H2,1,3H3;1H/t17-;/m0./s1. The molecular formula is C18H25ClN2O2. The lowest BCUT2D eigenvalue weighted by molar-refractivity contribution is -0.685. The van der Waals surface area contributed by atoms with E-state index in [1.807, 2.05) is 12.1 Å². The summed E-state index contributed by atoms with van der Waals surface area (Å²) in [6.07, 6.45) is 9.24. The number of quaternary nitrogens is 1. The van der Waals surface area contributed by atoms with Crippen molar-refractivity contribution in [3.8, 4) is 18.1 Å². The van der Waals surface area contributed by atoms with Crippen molar-refractivity contribution < 1.29 is 27.3 Å². The Hall–Kier alpha value is -1.70. The molecule has 1 aliphatic carbocycles. The van der Waals surface area contributed by atoms with Gasteiger partial charge in [-0.05, 0) is 36.5 Å². The molecule has 2 N–H and O–H groups in total. The number of benzene rings is 1. The normalized spacial score (nSPS) is 15.3. The quantitative estimate of drug-likeness (QED) is 0.685. The molecular weight excluding hydrogens is 312 g/mol. The molecule has 1 aromatic rings. The van der Waals surface area contributed by atoms with Crippen LogP contribution < -0.4 is 22.5 Å². The molecule has 0 radical (unpaired) electrons. The second kappa shape index (κ2) is 9.44. The SMILES string of the molecule is C#CC[NH2+][C@H]1CCc2ccc(OC(=O)N(C)CCCC)cc21.[Cl-]. The molecule has 0 heterocycles. The maximum atomic E-state index is 12.0. The number of amides is 1. The number of ether oxygens (including phenoxy) is 1. The number of halogens is 1. The number of hydrogen-bond donors (Lipinski definition) is 1. The largest absolute Gasteiger partial charge is 1.00 e. The van der Waals surface area contributed by atoms with E-state index in [-0.39, 0.29) is 18.5 Å². The molecule has 4 nitrogen and oxygen atoms in total. The topological polar surface area (TPSA) is 46.1 Å². The maximum absolute atomic E-state index is 12.0. The third kappa shape index (κ3) is 5.16. The van der Waals surface area contributed by atoms with E-state index in [0.717, 1.165) is 32.2 Å². The summed E-state index contributed by atoms with van der Waals surface area (Å²) in [5.41, 5.74) is 2.58. The highest BCUT2D eigenvalue weighted by Gasteiger charge is 2.25. The van der Waals surface area contributed by atoms with Gasteiger partial charge in [0.1, 0.15) is 18.3 Å². The average molecular weight is 337 g/mol. The van der Waals surface area contributed by atoms with Gasteiger partial charge in [0.15, 0.2) is 0 Å². The summed E-state index contributed by atoms with van der Waals surface area (Å²) in [6.45, 7) is 3.50. The third-order valence-electron chi connectivity index (χ3n) is 4.13. The molecule has 0 aliphatic heterocycles. The van der Waals surface area contributed by atoms with Crippen LogP contribution in [0.1, 0.15) is 43.4 Å². The van der Waals surface area contributed by atoms with E-state index in [9.17, 15) is 4.79 Å². The molecule has 0 fully saturated rings. The first-order valence-electron chi connectivity index (χ1n) is 7.98. The van der Waals surface area contributed by atoms with Gasteiger partial charge in [0.2, 0.25) is 0 Å². The van der Waals surface area contributed by atoms with Gasteiger partial charge in [-0.15, -0.1) is 6.42 Å². The molecule has 1 aromatic carbocycles. The molecule has 1 amide bonds. The smallest absolute Gasteiger partial charge is 0.414 e. The fourth-order valence-corrected chi connectivity index (χ4v) is 2.80. The minimum atomic E-state index is -0.296. The summed E-state index contributed by atoms with van der Waals surface area (Å²) in [7, 11) is 1.77. The number of unbranched alkanes of at least 4 members (excludes halogenated alkanes) is 1. The first-order chi connectivity index (χ1) is 10.7. The molecule has 1 aliphatic rings. The zero-order valence-corrected chi connectivity index (χ0v) is 14.6. The molecule has 1 atom stereocenters. The number of fused-ring (bicyclic) bond motifs is 1. The molecule has 0 saturated heterocycles.